The molecule has 0 radical (unpaired) electrons. The van der Waals surface area contributed by atoms with E-state index in [4.69, 9.17) is 9.15 Å². The molecular formula is C31H27N3O5S. The molecule has 2 heterocycles. The minimum Gasteiger partial charge on any atom is -0.497 e. The van der Waals surface area contributed by atoms with Crippen molar-refractivity contribution < 1.29 is 23.5 Å². The number of carbonyl (C=O) groups is 3. The lowest BCUT2D eigenvalue weighted by Crippen LogP contribution is -2.32. The number of ether oxygens (including phenoxy) is 1. The molecule has 0 atom stereocenters. The van der Waals surface area contributed by atoms with Crippen LogP contribution < -0.4 is 20.3 Å². The van der Waals surface area contributed by atoms with Crippen LogP contribution in [0.1, 0.15) is 35.9 Å². The third kappa shape index (κ3) is 5.64. The van der Waals surface area contributed by atoms with Gasteiger partial charge in [-0.1, -0.05) is 43.8 Å². The summed E-state index contributed by atoms with van der Waals surface area (Å²) in [5, 5.41) is 5.97. The number of benzene rings is 3. The standard InChI is InChI=1S/C31H27N3O5S/c1-19(2)20-9-11-21(12-10-20)32-27-28(31(37)34(30(27)36)23-13-15-24(38-3)16-14-23)40-25-7-4-6-22(18-25)33-29(35)26-8-5-17-39-26/h4-19,32H,1-3H3,(H,33,35). The average Bonchev–Trinajstić information content (AvgIpc) is 3.58. The molecule has 202 valence electrons. The van der Waals surface area contributed by atoms with Gasteiger partial charge in [0.25, 0.3) is 17.7 Å². The first kappa shape index (κ1) is 26.8. The Hall–Kier alpha value is -4.76. The maximum Gasteiger partial charge on any atom is 0.291 e. The van der Waals surface area contributed by atoms with Crippen molar-refractivity contribution in [2.24, 2.45) is 0 Å². The van der Waals surface area contributed by atoms with Crippen molar-refractivity contribution in [2.45, 2.75) is 24.7 Å². The Balaban J connectivity index is 1.46. The van der Waals surface area contributed by atoms with Gasteiger partial charge >= 0.3 is 0 Å². The highest BCUT2D eigenvalue weighted by Gasteiger charge is 2.40. The number of thioether (sulfide) groups is 1. The van der Waals surface area contributed by atoms with Gasteiger partial charge in [-0.05, 0) is 78.2 Å². The van der Waals surface area contributed by atoms with Crippen molar-refractivity contribution in [3.05, 3.63) is 113 Å². The normalized spacial score (nSPS) is 13.2. The van der Waals surface area contributed by atoms with Crippen molar-refractivity contribution in [3.63, 3.8) is 0 Å². The Bertz CT molecular complexity index is 1580. The fraction of sp³-hybridized carbons (Fsp3) is 0.129. The van der Waals surface area contributed by atoms with E-state index in [2.05, 4.69) is 24.5 Å². The summed E-state index contributed by atoms with van der Waals surface area (Å²) in [6.45, 7) is 4.22. The molecule has 3 aromatic carbocycles. The number of rotatable bonds is 9. The molecule has 8 nitrogen and oxygen atoms in total. The molecule has 0 spiro atoms. The summed E-state index contributed by atoms with van der Waals surface area (Å²) in [7, 11) is 1.55. The predicted octanol–water partition coefficient (Wildman–Crippen LogP) is 6.65. The van der Waals surface area contributed by atoms with Gasteiger partial charge < -0.3 is 19.8 Å². The Morgan fingerprint density at radius 1 is 0.900 bits per heavy atom. The van der Waals surface area contributed by atoms with E-state index in [1.54, 1.807) is 61.7 Å². The lowest BCUT2D eigenvalue weighted by Gasteiger charge is -2.16. The highest BCUT2D eigenvalue weighted by Crippen LogP contribution is 2.39. The van der Waals surface area contributed by atoms with Crippen molar-refractivity contribution >= 4 is 46.5 Å². The molecule has 4 aromatic rings. The van der Waals surface area contributed by atoms with Gasteiger partial charge in [0.15, 0.2) is 5.76 Å². The molecule has 0 bridgehead atoms. The monoisotopic (exact) mass is 553 g/mol. The molecule has 1 aliphatic rings. The van der Waals surface area contributed by atoms with Gasteiger partial charge in [-0.2, -0.15) is 0 Å². The number of nitrogens with zero attached hydrogens (tertiary/aromatic N) is 1. The number of carbonyl (C=O) groups excluding carboxylic acids is 3. The second-order valence-electron chi connectivity index (χ2n) is 9.31. The van der Waals surface area contributed by atoms with Gasteiger partial charge in [0.05, 0.1) is 19.1 Å². The Morgan fingerprint density at radius 2 is 1.65 bits per heavy atom. The van der Waals surface area contributed by atoms with E-state index in [9.17, 15) is 14.4 Å². The third-order valence-corrected chi connectivity index (χ3v) is 7.35. The topological polar surface area (TPSA) is 101 Å². The van der Waals surface area contributed by atoms with E-state index in [-0.39, 0.29) is 16.4 Å². The maximum atomic E-state index is 13.7. The fourth-order valence-electron chi connectivity index (χ4n) is 4.13. The summed E-state index contributed by atoms with van der Waals surface area (Å²) in [5.41, 5.74) is 2.98. The van der Waals surface area contributed by atoms with E-state index in [0.29, 0.717) is 33.6 Å². The van der Waals surface area contributed by atoms with E-state index >= 15 is 0 Å². The van der Waals surface area contributed by atoms with Gasteiger partial charge in [0.1, 0.15) is 16.4 Å². The van der Waals surface area contributed by atoms with Crippen LogP contribution in [-0.2, 0) is 9.59 Å². The maximum absolute atomic E-state index is 13.7. The number of nitrogens with one attached hydrogen (secondary N) is 2. The first-order chi connectivity index (χ1) is 19.3. The average molecular weight is 554 g/mol. The quantitative estimate of drug-likeness (QED) is 0.224. The molecule has 40 heavy (non-hydrogen) atoms. The minimum absolute atomic E-state index is 0.174. The Labute approximate surface area is 236 Å². The van der Waals surface area contributed by atoms with Gasteiger partial charge in [0.2, 0.25) is 0 Å². The van der Waals surface area contributed by atoms with Crippen LogP contribution in [0.5, 0.6) is 5.75 Å². The van der Waals surface area contributed by atoms with Crippen LogP contribution in [0.2, 0.25) is 0 Å². The van der Waals surface area contributed by atoms with Gasteiger partial charge in [0, 0.05) is 16.3 Å². The number of furan rings is 1. The van der Waals surface area contributed by atoms with Crippen LogP contribution in [0.4, 0.5) is 17.1 Å². The van der Waals surface area contributed by atoms with Crippen molar-refractivity contribution in [1.29, 1.82) is 0 Å². The fourth-order valence-corrected chi connectivity index (χ4v) is 5.12. The van der Waals surface area contributed by atoms with E-state index in [1.807, 2.05) is 30.3 Å². The summed E-state index contributed by atoms with van der Waals surface area (Å²) in [5.74, 6) is -0.152. The zero-order valence-corrected chi connectivity index (χ0v) is 23.0. The van der Waals surface area contributed by atoms with Crippen molar-refractivity contribution in [2.75, 3.05) is 22.6 Å². The number of anilines is 3. The molecule has 5 rings (SSSR count). The molecule has 0 saturated carbocycles. The first-order valence-corrected chi connectivity index (χ1v) is 13.4. The van der Waals surface area contributed by atoms with Gasteiger partial charge in [-0.15, -0.1) is 0 Å². The summed E-state index contributed by atoms with van der Waals surface area (Å²) >= 11 is 1.15. The highest BCUT2D eigenvalue weighted by molar-refractivity contribution is 8.04. The lowest BCUT2D eigenvalue weighted by atomic mass is 10.0. The summed E-state index contributed by atoms with van der Waals surface area (Å²) in [4.78, 5) is 41.9. The molecular weight excluding hydrogens is 526 g/mol. The highest BCUT2D eigenvalue weighted by atomic mass is 32.2. The minimum atomic E-state index is -0.465. The smallest absolute Gasteiger partial charge is 0.291 e. The van der Waals surface area contributed by atoms with Gasteiger partial charge in [-0.25, -0.2) is 4.90 Å². The van der Waals surface area contributed by atoms with Gasteiger partial charge in [-0.3, -0.25) is 14.4 Å². The van der Waals surface area contributed by atoms with Crippen molar-refractivity contribution in [1.82, 2.24) is 0 Å². The summed E-state index contributed by atoms with van der Waals surface area (Å²) < 4.78 is 10.4. The zero-order valence-electron chi connectivity index (χ0n) is 22.1. The third-order valence-electron chi connectivity index (χ3n) is 6.28. The Morgan fingerprint density at radius 3 is 2.30 bits per heavy atom. The molecule has 0 saturated heterocycles. The molecule has 0 aliphatic carbocycles. The molecule has 0 unspecified atom stereocenters. The Kier molecular flexibility index (Phi) is 7.75. The van der Waals surface area contributed by atoms with Crippen LogP contribution in [0.3, 0.4) is 0 Å². The molecule has 3 amide bonds. The number of hydrogen-bond acceptors (Lipinski definition) is 7. The molecule has 0 fully saturated rings. The zero-order chi connectivity index (χ0) is 28.2. The van der Waals surface area contributed by atoms with Crippen LogP contribution >= 0.6 is 11.8 Å². The second-order valence-corrected chi connectivity index (χ2v) is 10.4. The summed E-state index contributed by atoms with van der Waals surface area (Å²) in [6, 6.07) is 24.8. The molecule has 1 aromatic heterocycles. The molecule has 9 heteroatoms. The lowest BCUT2D eigenvalue weighted by molar-refractivity contribution is -0.120. The number of imide groups is 1. The van der Waals surface area contributed by atoms with Crippen LogP contribution in [0.15, 0.2) is 111 Å². The number of hydrogen-bond donors (Lipinski definition) is 2. The van der Waals surface area contributed by atoms with Crippen LogP contribution in [0, 0.1) is 0 Å². The SMILES string of the molecule is COc1ccc(N2C(=O)C(Nc3ccc(C(C)C)cc3)=C(Sc3cccc(NC(=O)c4ccco4)c3)C2=O)cc1. The largest absolute Gasteiger partial charge is 0.497 e. The second kappa shape index (κ2) is 11.5. The van der Waals surface area contributed by atoms with Crippen LogP contribution in [-0.4, -0.2) is 24.8 Å². The predicted molar refractivity (Wildman–Crippen MR) is 156 cm³/mol. The van der Waals surface area contributed by atoms with E-state index in [0.717, 1.165) is 22.2 Å². The number of amides is 3. The van der Waals surface area contributed by atoms with Crippen LogP contribution in [0.25, 0.3) is 0 Å². The van der Waals surface area contributed by atoms with E-state index < -0.39 is 17.7 Å². The first-order valence-electron chi connectivity index (χ1n) is 12.6. The van der Waals surface area contributed by atoms with Crippen molar-refractivity contribution in [3.8, 4) is 5.75 Å². The number of methoxy groups -OCH3 is 1. The molecule has 1 aliphatic heterocycles. The van der Waals surface area contributed by atoms with E-state index in [1.165, 1.54) is 6.26 Å². The molecule has 2 N–H and O–H groups in total. The summed E-state index contributed by atoms with van der Waals surface area (Å²) in [6.07, 6.45) is 1.43.